The Bertz CT molecular complexity index is 1470. The zero-order chi connectivity index (χ0) is 26.7. The standard InChI is InChI=1S/C25H28ClN3O5S2/c1-18-7-5-6-8-20(18)16-29(36(33,34)22-13-10-21(26)11-14-22)17-25(30)27-24-15-23(12-9-19(24)2)35(31,32)28(3)4/h5-15H,16-17H2,1-4H3,(H,27,30). The van der Waals surface area contributed by atoms with Gasteiger partial charge in [-0.25, -0.2) is 21.1 Å². The molecule has 0 aromatic heterocycles. The first kappa shape index (κ1) is 27.8. The summed E-state index contributed by atoms with van der Waals surface area (Å²) in [5.74, 6) is -0.608. The van der Waals surface area contributed by atoms with E-state index < -0.39 is 32.5 Å². The van der Waals surface area contributed by atoms with Gasteiger partial charge in [0.05, 0.1) is 16.3 Å². The average molecular weight is 550 g/mol. The Morgan fingerprint density at radius 1 is 0.833 bits per heavy atom. The number of hydrogen-bond donors (Lipinski definition) is 1. The highest BCUT2D eigenvalue weighted by Crippen LogP contribution is 2.24. The van der Waals surface area contributed by atoms with Crippen LogP contribution in [0.5, 0.6) is 0 Å². The molecular weight excluding hydrogens is 522 g/mol. The smallest absolute Gasteiger partial charge is 0.243 e. The molecule has 0 bridgehead atoms. The predicted octanol–water partition coefficient (Wildman–Crippen LogP) is 4.04. The van der Waals surface area contributed by atoms with Gasteiger partial charge in [0, 0.05) is 31.4 Å². The summed E-state index contributed by atoms with van der Waals surface area (Å²) in [5.41, 5.74) is 2.54. The summed E-state index contributed by atoms with van der Waals surface area (Å²) in [7, 11) is -4.95. The third-order valence-electron chi connectivity index (χ3n) is 5.64. The van der Waals surface area contributed by atoms with Crippen molar-refractivity contribution in [2.24, 2.45) is 0 Å². The number of anilines is 1. The molecule has 0 unspecified atom stereocenters. The van der Waals surface area contributed by atoms with Crippen molar-refractivity contribution in [3.8, 4) is 0 Å². The minimum absolute atomic E-state index is 0.00328. The molecule has 3 aromatic rings. The summed E-state index contributed by atoms with van der Waals surface area (Å²) in [5, 5.41) is 3.07. The molecule has 0 aliphatic heterocycles. The van der Waals surface area contributed by atoms with E-state index in [0.29, 0.717) is 10.6 Å². The Balaban J connectivity index is 1.93. The molecule has 1 N–H and O–H groups in total. The Morgan fingerprint density at radius 2 is 1.44 bits per heavy atom. The largest absolute Gasteiger partial charge is 0.325 e. The van der Waals surface area contributed by atoms with E-state index in [0.717, 1.165) is 19.7 Å². The molecule has 0 atom stereocenters. The van der Waals surface area contributed by atoms with Gasteiger partial charge in [-0.1, -0.05) is 41.9 Å². The molecule has 0 heterocycles. The molecule has 0 radical (unpaired) electrons. The second kappa shape index (κ2) is 11.1. The number of benzene rings is 3. The molecule has 0 saturated carbocycles. The molecule has 11 heteroatoms. The summed E-state index contributed by atoms with van der Waals surface area (Å²) in [6.07, 6.45) is 0. The minimum Gasteiger partial charge on any atom is -0.325 e. The summed E-state index contributed by atoms with van der Waals surface area (Å²) < 4.78 is 54.2. The lowest BCUT2D eigenvalue weighted by Crippen LogP contribution is -2.37. The van der Waals surface area contributed by atoms with E-state index in [1.807, 2.05) is 19.1 Å². The summed E-state index contributed by atoms with van der Waals surface area (Å²) in [6, 6.07) is 17.4. The molecule has 0 aliphatic rings. The fourth-order valence-electron chi connectivity index (χ4n) is 3.42. The van der Waals surface area contributed by atoms with Crippen LogP contribution in [0.25, 0.3) is 0 Å². The van der Waals surface area contributed by atoms with E-state index in [2.05, 4.69) is 5.32 Å². The normalized spacial score (nSPS) is 12.2. The van der Waals surface area contributed by atoms with Gasteiger partial charge in [-0.05, 0) is 66.9 Å². The van der Waals surface area contributed by atoms with Crippen LogP contribution in [0.3, 0.4) is 0 Å². The van der Waals surface area contributed by atoms with E-state index >= 15 is 0 Å². The van der Waals surface area contributed by atoms with Crippen molar-refractivity contribution >= 4 is 43.2 Å². The number of hydrogen-bond acceptors (Lipinski definition) is 5. The van der Waals surface area contributed by atoms with Crippen molar-refractivity contribution < 1.29 is 21.6 Å². The highest BCUT2D eigenvalue weighted by atomic mass is 35.5. The monoisotopic (exact) mass is 549 g/mol. The van der Waals surface area contributed by atoms with Crippen LogP contribution in [-0.4, -0.2) is 52.0 Å². The highest BCUT2D eigenvalue weighted by Gasteiger charge is 2.28. The number of rotatable bonds is 9. The summed E-state index contributed by atoms with van der Waals surface area (Å²) in [4.78, 5) is 13.1. The van der Waals surface area contributed by atoms with Gasteiger partial charge >= 0.3 is 0 Å². The Morgan fingerprint density at radius 3 is 2.06 bits per heavy atom. The van der Waals surface area contributed by atoms with Crippen molar-refractivity contribution in [1.82, 2.24) is 8.61 Å². The first-order valence-electron chi connectivity index (χ1n) is 11.0. The fourth-order valence-corrected chi connectivity index (χ4v) is 5.84. The second-order valence-electron chi connectivity index (χ2n) is 8.47. The Hall–Kier alpha value is -2.76. The molecule has 0 fully saturated rings. The first-order chi connectivity index (χ1) is 16.8. The lowest BCUT2D eigenvalue weighted by atomic mass is 10.1. The Labute approximate surface area is 217 Å². The number of carbonyl (C=O) groups is 1. The molecule has 3 rings (SSSR count). The molecule has 1 amide bonds. The van der Waals surface area contributed by atoms with Crippen LogP contribution in [-0.2, 0) is 31.4 Å². The van der Waals surface area contributed by atoms with Crippen LogP contribution in [0.15, 0.2) is 76.5 Å². The lowest BCUT2D eigenvalue weighted by molar-refractivity contribution is -0.116. The van der Waals surface area contributed by atoms with Crippen LogP contribution in [0.2, 0.25) is 5.02 Å². The predicted molar refractivity (Wildman–Crippen MR) is 141 cm³/mol. The zero-order valence-electron chi connectivity index (χ0n) is 20.4. The lowest BCUT2D eigenvalue weighted by Gasteiger charge is -2.23. The maximum atomic E-state index is 13.5. The number of sulfonamides is 2. The number of carbonyl (C=O) groups excluding carboxylic acids is 1. The highest BCUT2D eigenvalue weighted by molar-refractivity contribution is 7.89. The molecule has 0 aliphatic carbocycles. The number of aryl methyl sites for hydroxylation is 2. The van der Waals surface area contributed by atoms with Crippen molar-refractivity contribution in [1.29, 1.82) is 0 Å². The van der Waals surface area contributed by atoms with E-state index in [1.165, 1.54) is 50.5 Å². The molecule has 8 nitrogen and oxygen atoms in total. The number of nitrogens with zero attached hydrogens (tertiary/aromatic N) is 2. The van der Waals surface area contributed by atoms with E-state index in [4.69, 9.17) is 11.6 Å². The quantitative estimate of drug-likeness (QED) is 0.434. The molecule has 0 spiro atoms. The van der Waals surface area contributed by atoms with Crippen molar-refractivity contribution in [2.45, 2.75) is 30.2 Å². The molecule has 0 saturated heterocycles. The first-order valence-corrected chi connectivity index (χ1v) is 14.2. The Kier molecular flexibility index (Phi) is 8.58. The maximum Gasteiger partial charge on any atom is 0.243 e. The van der Waals surface area contributed by atoms with Crippen LogP contribution in [0, 0.1) is 13.8 Å². The van der Waals surface area contributed by atoms with Gasteiger partial charge in [0.2, 0.25) is 26.0 Å². The van der Waals surface area contributed by atoms with Crippen LogP contribution in [0.4, 0.5) is 5.69 Å². The molecule has 3 aromatic carbocycles. The maximum absolute atomic E-state index is 13.5. The average Bonchev–Trinajstić information content (AvgIpc) is 2.81. The minimum atomic E-state index is -4.06. The van der Waals surface area contributed by atoms with E-state index in [1.54, 1.807) is 25.1 Å². The SMILES string of the molecule is Cc1ccccc1CN(CC(=O)Nc1cc(S(=O)(=O)N(C)C)ccc1C)S(=O)(=O)c1ccc(Cl)cc1. The third kappa shape index (κ3) is 6.32. The van der Waals surface area contributed by atoms with Gasteiger partial charge in [-0.15, -0.1) is 0 Å². The van der Waals surface area contributed by atoms with Gasteiger partial charge in [0.1, 0.15) is 0 Å². The van der Waals surface area contributed by atoms with Gasteiger partial charge in [-0.3, -0.25) is 4.79 Å². The van der Waals surface area contributed by atoms with Gasteiger partial charge in [0.25, 0.3) is 0 Å². The van der Waals surface area contributed by atoms with Crippen LogP contribution < -0.4 is 5.32 Å². The summed E-state index contributed by atoms with van der Waals surface area (Å²) >= 11 is 5.93. The number of nitrogens with one attached hydrogen (secondary N) is 1. The third-order valence-corrected chi connectivity index (χ3v) is 9.51. The van der Waals surface area contributed by atoms with E-state index in [9.17, 15) is 21.6 Å². The molecule has 36 heavy (non-hydrogen) atoms. The fraction of sp³-hybridized carbons (Fsp3) is 0.240. The van der Waals surface area contributed by atoms with E-state index in [-0.39, 0.29) is 22.0 Å². The number of halogens is 1. The second-order valence-corrected chi connectivity index (χ2v) is 13.0. The molecule has 192 valence electrons. The zero-order valence-corrected chi connectivity index (χ0v) is 22.8. The van der Waals surface area contributed by atoms with Gasteiger partial charge < -0.3 is 5.32 Å². The summed E-state index contributed by atoms with van der Waals surface area (Å²) in [6.45, 7) is 3.07. The van der Waals surface area contributed by atoms with Crippen LogP contribution >= 0.6 is 11.6 Å². The topological polar surface area (TPSA) is 104 Å². The molecular formula is C25H28ClN3O5S2. The van der Waals surface area contributed by atoms with Gasteiger partial charge in [0.15, 0.2) is 0 Å². The van der Waals surface area contributed by atoms with Crippen molar-refractivity contribution in [3.63, 3.8) is 0 Å². The van der Waals surface area contributed by atoms with Crippen molar-refractivity contribution in [3.05, 3.63) is 88.4 Å². The van der Waals surface area contributed by atoms with Gasteiger partial charge in [-0.2, -0.15) is 4.31 Å². The van der Waals surface area contributed by atoms with Crippen molar-refractivity contribution in [2.75, 3.05) is 26.0 Å². The van der Waals surface area contributed by atoms with Crippen LogP contribution in [0.1, 0.15) is 16.7 Å². The number of amides is 1.